The summed E-state index contributed by atoms with van der Waals surface area (Å²) in [5.41, 5.74) is 5.67. The molecule has 0 aliphatic heterocycles. The first-order chi connectivity index (χ1) is 28.3. The number of carbonyl (C=O) groups is 2. The smallest absolute Gasteiger partial charge is 0.869 e. The Hall–Kier alpha value is -2.34. The van der Waals surface area contributed by atoms with E-state index in [1.165, 1.54) is 0 Å². The van der Waals surface area contributed by atoms with Gasteiger partial charge in [0.1, 0.15) is 10.7 Å². The van der Waals surface area contributed by atoms with E-state index >= 15 is 0 Å². The molecule has 4 aromatic rings. The number of alkyl halides is 6. The molecule has 3 aromatic heterocycles. The number of ketones is 2. The number of hydrogen-bond acceptors (Lipinski definition) is 8. The number of Topliss-reactive ketones (excluding diaryl/α,β-unsaturated/α-hetero) is 2. The quantitative estimate of drug-likeness (QED) is 0.0724. The fourth-order valence-corrected chi connectivity index (χ4v) is 5.29. The SMILES string of the molecule is CC(C)c1cccc(C(C)C)c1NC1=C(Cl)C(=O)C([O-])=C(Cl)C1=O.ClCCl.ClCCl.ClCCl.F[B-](F)(F)F.[Co+2].c1ccc(CN(Cc2ccccn2)Cc2ccccn2)nc1. The van der Waals surface area contributed by atoms with Crippen LogP contribution >= 0.6 is 92.8 Å². The summed E-state index contributed by atoms with van der Waals surface area (Å²) >= 11 is 40.2. The first kappa shape index (κ1) is 60.8. The van der Waals surface area contributed by atoms with Crippen LogP contribution in [0.3, 0.4) is 0 Å². The minimum absolute atomic E-state index is 0. The molecular weight excluding hydrogens is 1020 g/mol. The summed E-state index contributed by atoms with van der Waals surface area (Å²) in [6.07, 6.45) is 5.49. The van der Waals surface area contributed by atoms with E-state index < -0.39 is 34.6 Å². The number of benzene rings is 1. The number of aromatic nitrogens is 3. The van der Waals surface area contributed by atoms with Crippen LogP contribution in [0.2, 0.25) is 0 Å². The van der Waals surface area contributed by atoms with Gasteiger partial charge in [-0.1, -0.05) is 87.3 Å². The minimum Gasteiger partial charge on any atom is -0.869 e. The summed E-state index contributed by atoms with van der Waals surface area (Å²) in [6, 6.07) is 23.8. The second kappa shape index (κ2) is 34.1. The van der Waals surface area contributed by atoms with Crippen LogP contribution < -0.4 is 10.4 Å². The van der Waals surface area contributed by atoms with Crippen molar-refractivity contribution in [3.05, 3.63) is 141 Å². The number of para-hydroxylation sites is 1. The summed E-state index contributed by atoms with van der Waals surface area (Å²) in [5.74, 6) is -2.45. The van der Waals surface area contributed by atoms with Gasteiger partial charge in [0.05, 0.1) is 38.1 Å². The maximum absolute atomic E-state index is 12.3. The van der Waals surface area contributed by atoms with Crippen molar-refractivity contribution < 1.29 is 48.7 Å². The molecule has 0 atom stereocenters. The molecule has 0 saturated heterocycles. The van der Waals surface area contributed by atoms with Crippen LogP contribution in [0.4, 0.5) is 23.0 Å². The summed E-state index contributed by atoms with van der Waals surface area (Å²) < 4.78 is 39.0. The third kappa shape index (κ3) is 25.5. The predicted molar refractivity (Wildman–Crippen MR) is 240 cm³/mol. The van der Waals surface area contributed by atoms with Crippen molar-refractivity contribution in [2.75, 3.05) is 21.3 Å². The zero-order valence-electron chi connectivity index (χ0n) is 33.0. The summed E-state index contributed by atoms with van der Waals surface area (Å²) in [4.78, 5) is 39.8. The Morgan fingerprint density at radius 1 is 0.607 bits per heavy atom. The van der Waals surface area contributed by atoms with Crippen molar-refractivity contribution in [3.63, 3.8) is 0 Å². The number of pyridine rings is 3. The molecule has 5 rings (SSSR count). The molecule has 3 heterocycles. The molecule has 1 radical (unpaired) electrons. The fraction of sp³-hybridized carbons (Fsp3) is 0.308. The molecular formula is C39H42BCl8CoF4N5O3. The Balaban J connectivity index is 0. The van der Waals surface area contributed by atoms with Crippen LogP contribution in [0.25, 0.3) is 0 Å². The second-order valence-corrected chi connectivity index (χ2v) is 15.3. The average molecular weight is 1060 g/mol. The topological polar surface area (TPSA) is 111 Å². The van der Waals surface area contributed by atoms with Crippen molar-refractivity contribution in [2.45, 2.75) is 59.2 Å². The van der Waals surface area contributed by atoms with E-state index in [4.69, 9.17) is 92.8 Å². The van der Waals surface area contributed by atoms with Gasteiger partial charge in [0.15, 0.2) is 5.78 Å². The van der Waals surface area contributed by atoms with Gasteiger partial charge in [0.2, 0.25) is 5.78 Å². The van der Waals surface area contributed by atoms with Crippen LogP contribution in [-0.2, 0) is 46.0 Å². The van der Waals surface area contributed by atoms with Gasteiger partial charge in [-0.3, -0.25) is 29.4 Å². The van der Waals surface area contributed by atoms with Gasteiger partial charge in [0, 0.05) is 43.9 Å². The minimum atomic E-state index is -6.00. The molecule has 1 aliphatic rings. The van der Waals surface area contributed by atoms with Gasteiger partial charge in [-0.15, -0.1) is 69.6 Å². The molecule has 0 fully saturated rings. The monoisotopic (exact) mass is 1050 g/mol. The first-order valence-corrected chi connectivity index (χ1v) is 21.4. The third-order valence-electron chi connectivity index (χ3n) is 7.21. The predicted octanol–water partition coefficient (Wildman–Crippen LogP) is 12.4. The fourth-order valence-electron chi connectivity index (χ4n) is 4.89. The molecule has 61 heavy (non-hydrogen) atoms. The number of allylic oxidation sites excluding steroid dienone is 2. The van der Waals surface area contributed by atoms with E-state index in [1.807, 2.05) is 119 Å². The van der Waals surface area contributed by atoms with Gasteiger partial charge in [-0.25, -0.2) is 0 Å². The molecule has 0 spiro atoms. The normalized spacial score (nSPS) is 12.0. The van der Waals surface area contributed by atoms with E-state index in [1.54, 1.807) is 0 Å². The van der Waals surface area contributed by atoms with E-state index in [0.717, 1.165) is 53.5 Å². The summed E-state index contributed by atoms with van der Waals surface area (Å²) in [6.45, 7) is 10.4. The molecule has 1 N–H and O–H groups in total. The number of rotatable bonds is 10. The third-order valence-corrected chi connectivity index (χ3v) is 7.91. The van der Waals surface area contributed by atoms with E-state index in [-0.39, 0.29) is 50.3 Å². The van der Waals surface area contributed by atoms with Gasteiger partial charge in [-0.2, -0.15) is 0 Å². The Morgan fingerprint density at radius 3 is 1.21 bits per heavy atom. The van der Waals surface area contributed by atoms with Gasteiger partial charge >= 0.3 is 24.0 Å². The first-order valence-electron chi connectivity index (χ1n) is 17.4. The summed E-state index contributed by atoms with van der Waals surface area (Å²) in [7, 11) is -6.00. The van der Waals surface area contributed by atoms with Crippen LogP contribution in [0.15, 0.2) is 113 Å². The van der Waals surface area contributed by atoms with Crippen molar-refractivity contribution in [3.8, 4) is 0 Å². The number of halogens is 12. The molecule has 337 valence electrons. The molecule has 1 aliphatic carbocycles. The number of anilines is 1. The molecule has 0 saturated carbocycles. The zero-order chi connectivity index (χ0) is 45.8. The van der Waals surface area contributed by atoms with E-state index in [9.17, 15) is 32.0 Å². The maximum Gasteiger partial charge on any atom is 2.00 e. The Labute approximate surface area is 404 Å². The number of carbonyl (C=O) groups excluding carboxylic acids is 2. The van der Waals surface area contributed by atoms with Crippen LogP contribution in [0.5, 0.6) is 0 Å². The maximum atomic E-state index is 12.3. The van der Waals surface area contributed by atoms with Crippen molar-refractivity contribution in [1.29, 1.82) is 0 Å². The van der Waals surface area contributed by atoms with Gasteiger partial charge in [-0.05, 0) is 65.1 Å². The van der Waals surface area contributed by atoms with E-state index in [2.05, 4.69) is 25.2 Å². The number of hydrogen-bond donors (Lipinski definition) is 1. The van der Waals surface area contributed by atoms with Crippen molar-refractivity contribution in [2.24, 2.45) is 0 Å². The Kier molecular flexibility index (Phi) is 34.0. The van der Waals surface area contributed by atoms with Crippen LogP contribution in [-0.4, -0.2) is 54.7 Å². The van der Waals surface area contributed by atoms with Crippen molar-refractivity contribution >= 4 is 117 Å². The molecule has 0 amide bonds. The standard InChI is InChI=1S/C18H19Cl2NO3.C18H18N4.3CH2Cl2.BF4.Co/c1-8(2)10-6-5-7-11(9(3)4)14(10)21-15-12(19)17(23)18(24)13(20)16(15)22;1-4-10-19-16(7-1)13-22(14-17-8-2-5-11-20-17)15-18-9-3-6-12-21-18;3*2-1-3;2-1(3,4)5;/h5-9,21,24H,1-4H3;1-12H,13-15H2;3*1H2;;/q;;;;;-1;+2/p-1. The molecule has 8 nitrogen and oxygen atoms in total. The molecule has 0 bridgehead atoms. The van der Waals surface area contributed by atoms with Crippen LogP contribution in [0, 0.1) is 0 Å². The van der Waals surface area contributed by atoms with Crippen molar-refractivity contribution in [1.82, 2.24) is 19.9 Å². The Morgan fingerprint density at radius 2 is 0.934 bits per heavy atom. The van der Waals surface area contributed by atoms with Gasteiger partial charge in [0.25, 0.3) is 0 Å². The molecule has 0 unspecified atom stereocenters. The average Bonchev–Trinajstić information content (AvgIpc) is 3.19. The van der Waals surface area contributed by atoms with Gasteiger partial charge < -0.3 is 27.7 Å². The zero-order valence-corrected chi connectivity index (χ0v) is 40.1. The van der Waals surface area contributed by atoms with E-state index in [0.29, 0.717) is 0 Å². The second-order valence-electron chi connectivity index (χ2n) is 12.1. The number of nitrogens with zero attached hydrogens (tertiary/aromatic N) is 4. The number of nitrogens with one attached hydrogen (secondary N) is 1. The Bertz CT molecular complexity index is 1780. The molecule has 1 aromatic carbocycles. The summed E-state index contributed by atoms with van der Waals surface area (Å²) in [5, 5.41) is 14.1. The largest absolute Gasteiger partial charge is 2.00 e. The molecule has 22 heteroatoms. The van der Waals surface area contributed by atoms with Crippen LogP contribution in [0.1, 0.15) is 67.7 Å².